The minimum absolute atomic E-state index is 0.622. The van der Waals surface area contributed by atoms with E-state index < -0.39 is 0 Å². The summed E-state index contributed by atoms with van der Waals surface area (Å²) < 4.78 is 1.97. The van der Waals surface area contributed by atoms with Gasteiger partial charge in [0.05, 0.1) is 17.9 Å². The van der Waals surface area contributed by atoms with Gasteiger partial charge in [-0.25, -0.2) is 4.68 Å². The SMILES string of the molecule is CCc1c(CCN)nnn1Cc1ccccc1. The summed E-state index contributed by atoms with van der Waals surface area (Å²) in [5, 5.41) is 8.42. The number of aromatic nitrogens is 3. The molecule has 2 rings (SSSR count). The largest absolute Gasteiger partial charge is 0.330 e. The van der Waals surface area contributed by atoms with Crippen LogP contribution in [0.3, 0.4) is 0 Å². The molecule has 0 unspecified atom stereocenters. The second kappa shape index (κ2) is 5.59. The van der Waals surface area contributed by atoms with Crippen LogP contribution in [0, 0.1) is 0 Å². The Morgan fingerprint density at radius 1 is 1.24 bits per heavy atom. The lowest BCUT2D eigenvalue weighted by molar-refractivity contribution is 0.622. The average Bonchev–Trinajstić information content (AvgIpc) is 2.73. The summed E-state index contributed by atoms with van der Waals surface area (Å²) in [7, 11) is 0. The third-order valence-corrected chi connectivity index (χ3v) is 2.81. The van der Waals surface area contributed by atoms with Gasteiger partial charge in [-0.05, 0) is 18.5 Å². The first-order valence-corrected chi connectivity index (χ1v) is 6.00. The summed E-state index contributed by atoms with van der Waals surface area (Å²) >= 11 is 0. The quantitative estimate of drug-likeness (QED) is 0.844. The molecule has 2 aromatic rings. The lowest BCUT2D eigenvalue weighted by Crippen LogP contribution is -2.08. The fourth-order valence-corrected chi connectivity index (χ4v) is 1.97. The molecule has 1 aromatic carbocycles. The van der Waals surface area contributed by atoms with E-state index in [-0.39, 0.29) is 0 Å². The van der Waals surface area contributed by atoms with E-state index in [1.807, 2.05) is 22.9 Å². The first kappa shape index (κ1) is 11.8. The van der Waals surface area contributed by atoms with Crippen LogP contribution in [-0.4, -0.2) is 21.5 Å². The zero-order valence-electron chi connectivity index (χ0n) is 10.1. The van der Waals surface area contributed by atoms with Gasteiger partial charge in [0.25, 0.3) is 0 Å². The zero-order chi connectivity index (χ0) is 12.1. The van der Waals surface area contributed by atoms with E-state index in [0.29, 0.717) is 6.54 Å². The maximum atomic E-state index is 5.57. The van der Waals surface area contributed by atoms with Gasteiger partial charge in [0.2, 0.25) is 0 Å². The predicted octanol–water partition coefficient (Wildman–Crippen LogP) is 1.39. The monoisotopic (exact) mass is 230 g/mol. The molecule has 90 valence electrons. The first-order valence-electron chi connectivity index (χ1n) is 6.00. The smallest absolute Gasteiger partial charge is 0.0871 e. The Balaban J connectivity index is 2.21. The molecule has 17 heavy (non-hydrogen) atoms. The molecule has 0 aliphatic carbocycles. The molecule has 0 aliphatic rings. The Bertz CT molecular complexity index is 462. The van der Waals surface area contributed by atoms with Crippen molar-refractivity contribution < 1.29 is 0 Å². The summed E-state index contributed by atoms with van der Waals surface area (Å²) in [5.41, 5.74) is 9.04. The maximum absolute atomic E-state index is 5.57. The number of nitrogens with zero attached hydrogens (tertiary/aromatic N) is 3. The Morgan fingerprint density at radius 2 is 2.00 bits per heavy atom. The van der Waals surface area contributed by atoms with Gasteiger partial charge in [-0.15, -0.1) is 5.10 Å². The molecule has 0 fully saturated rings. The standard InChI is InChI=1S/C13H18N4/c1-2-13-12(8-9-14)15-16-17(13)10-11-6-4-3-5-7-11/h3-7H,2,8-10,14H2,1H3. The molecule has 0 saturated heterocycles. The Labute approximate surface area is 101 Å². The minimum Gasteiger partial charge on any atom is -0.330 e. The number of nitrogens with two attached hydrogens (primary N) is 1. The van der Waals surface area contributed by atoms with E-state index in [1.54, 1.807) is 0 Å². The van der Waals surface area contributed by atoms with Crippen LogP contribution in [0.4, 0.5) is 0 Å². The number of benzene rings is 1. The van der Waals surface area contributed by atoms with E-state index in [9.17, 15) is 0 Å². The van der Waals surface area contributed by atoms with E-state index in [4.69, 9.17) is 5.73 Å². The lowest BCUT2D eigenvalue weighted by atomic mass is 10.2. The van der Waals surface area contributed by atoms with Gasteiger partial charge in [-0.2, -0.15) is 0 Å². The van der Waals surface area contributed by atoms with Crippen molar-refractivity contribution in [3.05, 3.63) is 47.3 Å². The normalized spacial score (nSPS) is 10.7. The Hall–Kier alpha value is -1.68. The van der Waals surface area contributed by atoms with Gasteiger partial charge in [0, 0.05) is 6.42 Å². The highest BCUT2D eigenvalue weighted by atomic mass is 15.4. The predicted molar refractivity (Wildman–Crippen MR) is 67.7 cm³/mol. The van der Waals surface area contributed by atoms with Crippen molar-refractivity contribution in [2.24, 2.45) is 5.73 Å². The molecule has 2 N–H and O–H groups in total. The van der Waals surface area contributed by atoms with Gasteiger partial charge in [0.1, 0.15) is 0 Å². The highest BCUT2D eigenvalue weighted by Gasteiger charge is 2.10. The molecule has 0 amide bonds. The average molecular weight is 230 g/mol. The van der Waals surface area contributed by atoms with E-state index in [1.165, 1.54) is 11.3 Å². The van der Waals surface area contributed by atoms with Crippen molar-refractivity contribution in [2.75, 3.05) is 6.54 Å². The van der Waals surface area contributed by atoms with Crippen molar-refractivity contribution in [1.82, 2.24) is 15.0 Å². The van der Waals surface area contributed by atoms with Gasteiger partial charge in [-0.1, -0.05) is 42.5 Å². The molecule has 0 bridgehead atoms. The minimum atomic E-state index is 0.622. The summed E-state index contributed by atoms with van der Waals surface area (Å²) in [6.07, 6.45) is 1.74. The highest BCUT2D eigenvalue weighted by Crippen LogP contribution is 2.10. The topological polar surface area (TPSA) is 56.7 Å². The van der Waals surface area contributed by atoms with Crippen LogP contribution in [0.15, 0.2) is 30.3 Å². The number of hydrogen-bond acceptors (Lipinski definition) is 3. The molecule has 0 radical (unpaired) electrons. The summed E-state index contributed by atoms with van der Waals surface area (Å²) in [4.78, 5) is 0. The molecule has 4 nitrogen and oxygen atoms in total. The fraction of sp³-hybridized carbons (Fsp3) is 0.385. The third-order valence-electron chi connectivity index (χ3n) is 2.81. The molecule has 0 saturated carbocycles. The lowest BCUT2D eigenvalue weighted by Gasteiger charge is -2.05. The van der Waals surface area contributed by atoms with Crippen molar-refractivity contribution in [2.45, 2.75) is 26.3 Å². The summed E-state index contributed by atoms with van der Waals surface area (Å²) in [5.74, 6) is 0. The molecule has 0 atom stereocenters. The molecule has 0 spiro atoms. The Morgan fingerprint density at radius 3 is 2.65 bits per heavy atom. The zero-order valence-corrected chi connectivity index (χ0v) is 10.1. The van der Waals surface area contributed by atoms with Gasteiger partial charge in [-0.3, -0.25) is 0 Å². The van der Waals surface area contributed by atoms with Gasteiger partial charge in [0.15, 0.2) is 0 Å². The van der Waals surface area contributed by atoms with Crippen LogP contribution in [0.5, 0.6) is 0 Å². The van der Waals surface area contributed by atoms with E-state index in [0.717, 1.165) is 25.1 Å². The Kier molecular flexibility index (Phi) is 3.88. The molecule has 1 aromatic heterocycles. The van der Waals surface area contributed by atoms with Crippen molar-refractivity contribution >= 4 is 0 Å². The van der Waals surface area contributed by atoms with Crippen LogP contribution in [0.25, 0.3) is 0 Å². The van der Waals surface area contributed by atoms with E-state index >= 15 is 0 Å². The molecular formula is C13H18N4. The third kappa shape index (κ3) is 2.71. The van der Waals surface area contributed by atoms with Gasteiger partial charge >= 0.3 is 0 Å². The second-order valence-electron chi connectivity index (χ2n) is 4.02. The van der Waals surface area contributed by atoms with E-state index in [2.05, 4.69) is 29.4 Å². The second-order valence-corrected chi connectivity index (χ2v) is 4.02. The number of hydrogen-bond donors (Lipinski definition) is 1. The highest BCUT2D eigenvalue weighted by molar-refractivity contribution is 5.17. The maximum Gasteiger partial charge on any atom is 0.0871 e. The van der Waals surface area contributed by atoms with Gasteiger partial charge < -0.3 is 5.73 Å². The van der Waals surface area contributed by atoms with Crippen molar-refractivity contribution in [3.8, 4) is 0 Å². The van der Waals surface area contributed by atoms with Crippen LogP contribution < -0.4 is 5.73 Å². The summed E-state index contributed by atoms with van der Waals surface area (Å²) in [6, 6.07) is 10.3. The molecule has 0 aliphatic heterocycles. The van der Waals surface area contributed by atoms with Crippen LogP contribution >= 0.6 is 0 Å². The van der Waals surface area contributed by atoms with Crippen LogP contribution in [-0.2, 0) is 19.4 Å². The first-order chi connectivity index (χ1) is 8.35. The van der Waals surface area contributed by atoms with Crippen molar-refractivity contribution in [1.29, 1.82) is 0 Å². The molecular weight excluding hydrogens is 212 g/mol. The number of rotatable bonds is 5. The fourth-order valence-electron chi connectivity index (χ4n) is 1.97. The van der Waals surface area contributed by atoms with Crippen LogP contribution in [0.1, 0.15) is 23.9 Å². The molecule has 4 heteroatoms. The molecule has 1 heterocycles. The summed E-state index contributed by atoms with van der Waals surface area (Å²) in [6.45, 7) is 3.53. The van der Waals surface area contributed by atoms with Crippen molar-refractivity contribution in [3.63, 3.8) is 0 Å². The van der Waals surface area contributed by atoms with Crippen LogP contribution in [0.2, 0.25) is 0 Å².